The topological polar surface area (TPSA) is 62.7 Å². The van der Waals surface area contributed by atoms with E-state index in [1.807, 2.05) is 44.6 Å². The minimum absolute atomic E-state index is 0.0652. The Morgan fingerprint density at radius 3 is 2.65 bits per heavy atom. The third-order valence-electron chi connectivity index (χ3n) is 3.72. The molecule has 108 valence electrons. The highest BCUT2D eigenvalue weighted by Crippen LogP contribution is 2.21. The molecule has 0 unspecified atom stereocenters. The van der Waals surface area contributed by atoms with Crippen LogP contribution < -0.4 is 5.32 Å². The number of amides is 1. The molecule has 0 bridgehead atoms. The van der Waals surface area contributed by atoms with E-state index in [4.69, 9.17) is 0 Å². The maximum Gasteiger partial charge on any atom is 0.268 e. The van der Waals surface area contributed by atoms with E-state index in [9.17, 15) is 4.79 Å². The molecule has 5 nitrogen and oxygen atoms in total. The minimum Gasteiger partial charge on any atom is -0.354 e. The van der Waals surface area contributed by atoms with E-state index >= 15 is 0 Å². The Morgan fingerprint density at radius 2 is 2.15 bits per heavy atom. The first-order valence-corrected chi connectivity index (χ1v) is 6.92. The third kappa shape index (κ3) is 2.61. The van der Waals surface area contributed by atoms with Gasteiger partial charge < -0.3 is 10.3 Å². The summed E-state index contributed by atoms with van der Waals surface area (Å²) in [6.45, 7) is 8.02. The van der Waals surface area contributed by atoms with Crippen molar-refractivity contribution in [3.05, 3.63) is 40.5 Å². The van der Waals surface area contributed by atoms with Crippen LogP contribution in [0, 0.1) is 13.8 Å². The van der Waals surface area contributed by atoms with Crippen LogP contribution in [-0.2, 0) is 13.5 Å². The molecule has 20 heavy (non-hydrogen) atoms. The molecule has 2 aromatic heterocycles. The van der Waals surface area contributed by atoms with Gasteiger partial charge in [-0.1, -0.05) is 6.92 Å². The van der Waals surface area contributed by atoms with Gasteiger partial charge in [-0.2, -0.15) is 5.10 Å². The van der Waals surface area contributed by atoms with Gasteiger partial charge >= 0.3 is 0 Å². The Hall–Kier alpha value is -2.04. The van der Waals surface area contributed by atoms with Crippen LogP contribution in [0.2, 0.25) is 0 Å². The lowest BCUT2D eigenvalue weighted by molar-refractivity contribution is 0.0935. The first kappa shape index (κ1) is 14.4. The zero-order chi connectivity index (χ0) is 14.9. The molecule has 0 fully saturated rings. The number of carbonyl (C=O) groups excluding carboxylic acids is 1. The van der Waals surface area contributed by atoms with E-state index < -0.39 is 0 Å². The van der Waals surface area contributed by atoms with E-state index in [1.165, 1.54) is 0 Å². The van der Waals surface area contributed by atoms with Crippen LogP contribution in [0.4, 0.5) is 0 Å². The lowest BCUT2D eigenvalue weighted by Gasteiger charge is -2.14. The van der Waals surface area contributed by atoms with Gasteiger partial charge in [0.15, 0.2) is 0 Å². The van der Waals surface area contributed by atoms with Gasteiger partial charge in [0.25, 0.3) is 5.91 Å². The van der Waals surface area contributed by atoms with Crippen LogP contribution in [0.1, 0.15) is 53.0 Å². The van der Waals surface area contributed by atoms with Crippen LogP contribution in [0.25, 0.3) is 0 Å². The number of carbonyl (C=O) groups is 1. The molecule has 2 aromatic rings. The minimum atomic E-state index is -0.0835. The molecule has 5 heteroatoms. The zero-order valence-electron chi connectivity index (χ0n) is 12.7. The van der Waals surface area contributed by atoms with E-state index in [2.05, 4.69) is 22.3 Å². The molecular formula is C15H22N4O. The van der Waals surface area contributed by atoms with Crippen LogP contribution >= 0.6 is 0 Å². The zero-order valence-corrected chi connectivity index (χ0v) is 12.7. The molecule has 0 radical (unpaired) electrons. The first-order valence-electron chi connectivity index (χ1n) is 6.92. The van der Waals surface area contributed by atoms with Gasteiger partial charge in [0.1, 0.15) is 5.69 Å². The molecular weight excluding hydrogens is 252 g/mol. The van der Waals surface area contributed by atoms with Crippen molar-refractivity contribution in [1.29, 1.82) is 0 Å². The van der Waals surface area contributed by atoms with E-state index in [1.54, 1.807) is 0 Å². The fourth-order valence-corrected chi connectivity index (χ4v) is 2.54. The summed E-state index contributed by atoms with van der Waals surface area (Å²) < 4.78 is 1.84. The number of rotatable bonds is 4. The van der Waals surface area contributed by atoms with E-state index in [0.717, 1.165) is 29.1 Å². The number of aryl methyl sites for hydroxylation is 3. The number of hydrogen-bond acceptors (Lipinski definition) is 2. The smallest absolute Gasteiger partial charge is 0.268 e. The van der Waals surface area contributed by atoms with Gasteiger partial charge in [-0.25, -0.2) is 0 Å². The van der Waals surface area contributed by atoms with Gasteiger partial charge in [-0.3, -0.25) is 9.48 Å². The van der Waals surface area contributed by atoms with Crippen molar-refractivity contribution in [3.63, 3.8) is 0 Å². The number of H-pyrrole nitrogens is 1. The predicted octanol–water partition coefficient (Wildman–Crippen LogP) is 2.42. The average molecular weight is 274 g/mol. The molecule has 0 saturated heterocycles. The quantitative estimate of drug-likeness (QED) is 0.899. The number of aromatic nitrogens is 3. The predicted molar refractivity (Wildman–Crippen MR) is 78.7 cm³/mol. The molecule has 2 heterocycles. The van der Waals surface area contributed by atoms with E-state index in [-0.39, 0.29) is 11.9 Å². The Kier molecular flexibility index (Phi) is 3.97. The summed E-state index contributed by atoms with van der Waals surface area (Å²) in [5, 5.41) is 7.41. The third-order valence-corrected chi connectivity index (χ3v) is 3.72. The van der Waals surface area contributed by atoms with Crippen LogP contribution in [0.3, 0.4) is 0 Å². The van der Waals surface area contributed by atoms with Crippen molar-refractivity contribution in [2.24, 2.45) is 7.05 Å². The summed E-state index contributed by atoms with van der Waals surface area (Å²) in [5.41, 5.74) is 4.79. The van der Waals surface area contributed by atoms with Crippen LogP contribution in [0.5, 0.6) is 0 Å². The molecule has 0 aromatic carbocycles. The van der Waals surface area contributed by atoms with Crippen LogP contribution in [-0.4, -0.2) is 20.7 Å². The summed E-state index contributed by atoms with van der Waals surface area (Å²) in [7, 11) is 1.92. The summed E-state index contributed by atoms with van der Waals surface area (Å²) in [5.74, 6) is -0.0835. The van der Waals surface area contributed by atoms with Crippen molar-refractivity contribution < 1.29 is 4.79 Å². The Labute approximate surface area is 119 Å². The normalized spacial score (nSPS) is 12.4. The fraction of sp³-hybridized carbons (Fsp3) is 0.467. The van der Waals surface area contributed by atoms with Gasteiger partial charge in [-0.05, 0) is 39.3 Å². The standard InChI is InChI=1S/C15H22N4O/c1-6-12-7-8-13(17-12)15(20)16-9(2)14-10(3)18-19(5)11(14)4/h7-9,17H,6H2,1-5H3,(H,16,20)/t9-/m1/s1. The maximum atomic E-state index is 12.2. The second-order valence-corrected chi connectivity index (χ2v) is 5.15. The lowest BCUT2D eigenvalue weighted by atomic mass is 10.1. The van der Waals surface area contributed by atoms with Crippen molar-refractivity contribution in [2.45, 2.75) is 40.2 Å². The average Bonchev–Trinajstić information content (AvgIpc) is 2.95. The van der Waals surface area contributed by atoms with Gasteiger partial charge in [0.2, 0.25) is 0 Å². The molecule has 0 aliphatic heterocycles. The number of hydrogen-bond donors (Lipinski definition) is 2. The highest BCUT2D eigenvalue weighted by molar-refractivity contribution is 5.92. The molecule has 1 amide bonds. The summed E-state index contributed by atoms with van der Waals surface area (Å²) in [6.07, 6.45) is 0.893. The second kappa shape index (κ2) is 5.53. The SMILES string of the molecule is CCc1ccc(C(=O)N[C@H](C)c2c(C)nn(C)c2C)[nH]1. The monoisotopic (exact) mass is 274 g/mol. The highest BCUT2D eigenvalue weighted by Gasteiger charge is 2.19. The van der Waals surface area contributed by atoms with Crippen molar-refractivity contribution >= 4 is 5.91 Å². The van der Waals surface area contributed by atoms with Gasteiger partial charge in [0.05, 0.1) is 11.7 Å². The Balaban J connectivity index is 2.15. The van der Waals surface area contributed by atoms with Crippen molar-refractivity contribution in [3.8, 4) is 0 Å². The molecule has 2 rings (SSSR count). The maximum absolute atomic E-state index is 12.2. The Bertz CT molecular complexity index is 624. The van der Waals surface area contributed by atoms with Gasteiger partial charge in [-0.15, -0.1) is 0 Å². The second-order valence-electron chi connectivity index (χ2n) is 5.15. The number of aromatic amines is 1. The van der Waals surface area contributed by atoms with Crippen molar-refractivity contribution in [1.82, 2.24) is 20.1 Å². The summed E-state index contributed by atoms with van der Waals surface area (Å²) >= 11 is 0. The van der Waals surface area contributed by atoms with Gasteiger partial charge in [0, 0.05) is 24.0 Å². The highest BCUT2D eigenvalue weighted by atomic mass is 16.1. The van der Waals surface area contributed by atoms with Crippen LogP contribution in [0.15, 0.2) is 12.1 Å². The fourth-order valence-electron chi connectivity index (χ4n) is 2.54. The Morgan fingerprint density at radius 1 is 1.45 bits per heavy atom. The lowest BCUT2D eigenvalue weighted by Crippen LogP contribution is -2.27. The summed E-state index contributed by atoms with van der Waals surface area (Å²) in [6, 6.07) is 3.70. The molecule has 2 N–H and O–H groups in total. The van der Waals surface area contributed by atoms with Crippen molar-refractivity contribution in [2.75, 3.05) is 0 Å². The first-order chi connectivity index (χ1) is 9.43. The molecule has 0 aliphatic carbocycles. The molecule has 0 saturated carbocycles. The molecule has 1 atom stereocenters. The molecule has 0 aliphatic rings. The summed E-state index contributed by atoms with van der Waals surface area (Å²) in [4.78, 5) is 15.3. The molecule has 0 spiro atoms. The van der Waals surface area contributed by atoms with E-state index in [0.29, 0.717) is 5.69 Å². The number of nitrogens with zero attached hydrogens (tertiary/aromatic N) is 2. The number of nitrogens with one attached hydrogen (secondary N) is 2. The largest absolute Gasteiger partial charge is 0.354 e.